The van der Waals surface area contributed by atoms with Crippen LogP contribution in [0.1, 0.15) is 34.6 Å². The Labute approximate surface area is 99.3 Å². The van der Waals surface area contributed by atoms with Gasteiger partial charge < -0.3 is 0 Å². The maximum Gasteiger partial charge on any atom is 0.185 e. The molecule has 1 aliphatic carbocycles. The van der Waals surface area contributed by atoms with Gasteiger partial charge in [-0.05, 0) is 18.4 Å². The summed E-state index contributed by atoms with van der Waals surface area (Å²) in [6.07, 6.45) is 2.42. The predicted molar refractivity (Wildman–Crippen MR) is 62.8 cm³/mol. The summed E-state index contributed by atoms with van der Waals surface area (Å²) >= 11 is 0. The van der Waals surface area contributed by atoms with Crippen LogP contribution >= 0.6 is 0 Å². The molecule has 4 nitrogen and oxygen atoms in total. The maximum atomic E-state index is 11.6. The van der Waals surface area contributed by atoms with E-state index in [1.54, 1.807) is 0 Å². The Morgan fingerprint density at radius 2 is 2.00 bits per heavy atom. The zero-order valence-corrected chi connectivity index (χ0v) is 9.47. The van der Waals surface area contributed by atoms with Gasteiger partial charge in [0.05, 0.1) is 12.2 Å². The second kappa shape index (κ2) is 4.13. The number of carbonyl (C=O) groups is 1. The van der Waals surface area contributed by atoms with E-state index in [1.165, 1.54) is 5.56 Å². The molecule has 1 aromatic carbocycles. The third kappa shape index (κ3) is 1.86. The van der Waals surface area contributed by atoms with Crippen molar-refractivity contribution in [3.05, 3.63) is 47.3 Å². The molecule has 0 radical (unpaired) electrons. The highest BCUT2D eigenvalue weighted by Gasteiger charge is 2.23. The van der Waals surface area contributed by atoms with Crippen LogP contribution in [-0.2, 0) is 13.0 Å². The molecule has 0 atom stereocenters. The molecule has 86 valence electrons. The molecule has 4 heteroatoms. The summed E-state index contributed by atoms with van der Waals surface area (Å²) < 4.78 is 1.85. The van der Waals surface area contributed by atoms with E-state index in [2.05, 4.69) is 22.4 Å². The first kappa shape index (κ1) is 10.2. The first-order valence-corrected chi connectivity index (χ1v) is 5.84. The van der Waals surface area contributed by atoms with Gasteiger partial charge in [0, 0.05) is 6.42 Å². The highest BCUT2D eigenvalue weighted by molar-refractivity contribution is 5.96. The smallest absolute Gasteiger partial charge is 0.185 e. The van der Waals surface area contributed by atoms with Crippen molar-refractivity contribution < 1.29 is 4.79 Å². The molecule has 0 N–H and O–H groups in total. The molecular weight excluding hydrogens is 214 g/mol. The fourth-order valence-electron chi connectivity index (χ4n) is 2.22. The van der Waals surface area contributed by atoms with E-state index in [4.69, 9.17) is 0 Å². The number of Topliss-reactive ketones (excluding diaryl/α,β-unsaturated/α-hetero) is 1. The lowest BCUT2D eigenvalue weighted by Gasteiger charge is -2.11. The Hall–Kier alpha value is -1.97. The van der Waals surface area contributed by atoms with Crippen LogP contribution < -0.4 is 0 Å². The lowest BCUT2D eigenvalue weighted by atomic mass is 10.00. The second-order valence-corrected chi connectivity index (χ2v) is 4.30. The van der Waals surface area contributed by atoms with E-state index in [0.717, 1.165) is 18.5 Å². The fraction of sp³-hybridized carbons (Fsp3) is 0.308. The van der Waals surface area contributed by atoms with Crippen molar-refractivity contribution in [2.75, 3.05) is 0 Å². The van der Waals surface area contributed by atoms with Crippen molar-refractivity contribution in [3.8, 4) is 0 Å². The molecule has 1 aliphatic rings. The third-order valence-electron chi connectivity index (χ3n) is 3.09. The lowest BCUT2D eigenvalue weighted by Crippen LogP contribution is -2.14. The van der Waals surface area contributed by atoms with Gasteiger partial charge in [0.25, 0.3) is 0 Å². The van der Waals surface area contributed by atoms with Crippen molar-refractivity contribution in [1.29, 1.82) is 0 Å². The zero-order valence-electron chi connectivity index (χ0n) is 9.47. The highest BCUT2D eigenvalue weighted by Crippen LogP contribution is 2.19. The molecule has 1 aromatic heterocycles. The number of rotatable bonds is 2. The molecule has 0 unspecified atom stereocenters. The summed E-state index contributed by atoms with van der Waals surface area (Å²) in [5.74, 6) is 0.130. The van der Waals surface area contributed by atoms with Crippen LogP contribution in [0.15, 0.2) is 30.3 Å². The van der Waals surface area contributed by atoms with Gasteiger partial charge in [-0.1, -0.05) is 35.5 Å². The van der Waals surface area contributed by atoms with E-state index in [0.29, 0.717) is 18.7 Å². The second-order valence-electron chi connectivity index (χ2n) is 4.30. The highest BCUT2D eigenvalue weighted by atomic mass is 16.1. The van der Waals surface area contributed by atoms with Crippen LogP contribution in [0.4, 0.5) is 0 Å². The molecule has 0 saturated carbocycles. The van der Waals surface area contributed by atoms with Gasteiger partial charge in [-0.2, -0.15) is 0 Å². The molecule has 0 fully saturated rings. The van der Waals surface area contributed by atoms with Gasteiger partial charge in [-0.3, -0.25) is 4.79 Å². The summed E-state index contributed by atoms with van der Waals surface area (Å²) in [6, 6.07) is 10.1. The van der Waals surface area contributed by atoms with E-state index >= 15 is 0 Å². The molecular formula is C13H13N3O. The first-order valence-electron chi connectivity index (χ1n) is 5.84. The number of ketones is 1. The minimum absolute atomic E-state index is 0.130. The topological polar surface area (TPSA) is 47.8 Å². The zero-order chi connectivity index (χ0) is 11.7. The Balaban J connectivity index is 1.92. The third-order valence-corrected chi connectivity index (χ3v) is 3.09. The number of nitrogens with zero attached hydrogens (tertiary/aromatic N) is 3. The Kier molecular flexibility index (Phi) is 2.48. The van der Waals surface area contributed by atoms with Crippen LogP contribution in [0.2, 0.25) is 0 Å². The monoisotopic (exact) mass is 227 g/mol. The van der Waals surface area contributed by atoms with Crippen molar-refractivity contribution >= 4 is 5.78 Å². The summed E-state index contributed by atoms with van der Waals surface area (Å²) in [7, 11) is 0. The van der Waals surface area contributed by atoms with E-state index < -0.39 is 0 Å². The number of carbonyl (C=O) groups excluding carboxylic acids is 1. The molecule has 0 amide bonds. The van der Waals surface area contributed by atoms with Crippen LogP contribution in [-0.4, -0.2) is 20.8 Å². The van der Waals surface area contributed by atoms with Gasteiger partial charge in [0.1, 0.15) is 0 Å². The van der Waals surface area contributed by atoms with Crippen LogP contribution in [0.25, 0.3) is 0 Å². The van der Waals surface area contributed by atoms with Crippen molar-refractivity contribution in [2.24, 2.45) is 0 Å². The number of hydrogen-bond acceptors (Lipinski definition) is 3. The van der Waals surface area contributed by atoms with Gasteiger partial charge in [0.15, 0.2) is 11.5 Å². The molecule has 0 saturated heterocycles. The number of benzene rings is 1. The van der Waals surface area contributed by atoms with Crippen LogP contribution in [0.5, 0.6) is 0 Å². The average molecular weight is 227 g/mol. The Bertz CT molecular complexity index is 545. The predicted octanol–water partition coefficient (Wildman–Crippen LogP) is 1.85. The Morgan fingerprint density at radius 3 is 2.82 bits per heavy atom. The lowest BCUT2D eigenvalue weighted by molar-refractivity contribution is 0.0967. The maximum absolute atomic E-state index is 11.6. The molecule has 0 aliphatic heterocycles. The summed E-state index contributed by atoms with van der Waals surface area (Å²) in [6.45, 7) is 0.691. The minimum atomic E-state index is 0.130. The molecule has 2 aromatic rings. The average Bonchev–Trinajstić information content (AvgIpc) is 2.76. The molecule has 3 rings (SSSR count). The van der Waals surface area contributed by atoms with Gasteiger partial charge >= 0.3 is 0 Å². The first-order chi connectivity index (χ1) is 8.34. The van der Waals surface area contributed by atoms with Crippen molar-refractivity contribution in [3.63, 3.8) is 0 Å². The van der Waals surface area contributed by atoms with E-state index in [9.17, 15) is 4.79 Å². The van der Waals surface area contributed by atoms with E-state index in [-0.39, 0.29) is 5.78 Å². The number of hydrogen-bond donors (Lipinski definition) is 0. The standard InChI is InChI=1S/C13H13N3O/c17-12-8-4-7-11-13(12)14-15-16(11)9-10-5-2-1-3-6-10/h1-3,5-6H,4,7-9H2. The minimum Gasteiger partial charge on any atom is -0.292 e. The number of aromatic nitrogens is 3. The molecule has 0 spiro atoms. The fourth-order valence-corrected chi connectivity index (χ4v) is 2.22. The molecule has 1 heterocycles. The molecule has 0 bridgehead atoms. The van der Waals surface area contributed by atoms with E-state index in [1.807, 2.05) is 22.9 Å². The van der Waals surface area contributed by atoms with Crippen molar-refractivity contribution in [2.45, 2.75) is 25.8 Å². The SMILES string of the molecule is O=C1CCCc2c1nnn2Cc1ccccc1. The summed E-state index contributed by atoms with van der Waals surface area (Å²) in [5.41, 5.74) is 2.75. The van der Waals surface area contributed by atoms with Gasteiger partial charge in [-0.25, -0.2) is 4.68 Å². The van der Waals surface area contributed by atoms with Gasteiger partial charge in [0.2, 0.25) is 0 Å². The summed E-state index contributed by atoms with van der Waals surface area (Å²) in [5, 5.41) is 8.09. The summed E-state index contributed by atoms with van der Waals surface area (Å²) in [4.78, 5) is 11.6. The van der Waals surface area contributed by atoms with Gasteiger partial charge in [-0.15, -0.1) is 5.10 Å². The Morgan fingerprint density at radius 1 is 1.18 bits per heavy atom. The van der Waals surface area contributed by atoms with Crippen LogP contribution in [0.3, 0.4) is 0 Å². The number of fused-ring (bicyclic) bond motifs is 1. The van der Waals surface area contributed by atoms with Crippen molar-refractivity contribution in [1.82, 2.24) is 15.0 Å². The quantitative estimate of drug-likeness (QED) is 0.786. The molecule has 17 heavy (non-hydrogen) atoms. The normalized spacial score (nSPS) is 14.7. The van der Waals surface area contributed by atoms with Crippen LogP contribution in [0, 0.1) is 0 Å². The largest absolute Gasteiger partial charge is 0.292 e.